The van der Waals surface area contributed by atoms with Crippen LogP contribution >= 0.6 is 0 Å². The Balaban J connectivity index is 1.97. The van der Waals surface area contributed by atoms with Gasteiger partial charge >= 0.3 is 0 Å². The summed E-state index contributed by atoms with van der Waals surface area (Å²) in [5, 5.41) is 0. The average molecular weight is 233 g/mol. The topological polar surface area (TPSA) is 44.5 Å². The van der Waals surface area contributed by atoms with Crippen molar-refractivity contribution in [1.29, 1.82) is 0 Å². The fourth-order valence-electron chi connectivity index (χ4n) is 2.48. The van der Waals surface area contributed by atoms with Crippen LogP contribution in [0.1, 0.15) is 30.9 Å². The summed E-state index contributed by atoms with van der Waals surface area (Å²) in [7, 11) is 0. The molecule has 0 saturated heterocycles. The first-order valence-corrected chi connectivity index (χ1v) is 6.41. The van der Waals surface area contributed by atoms with Gasteiger partial charge in [0.25, 0.3) is 0 Å². The third kappa shape index (κ3) is 2.00. The molecule has 2 N–H and O–H groups in total. The molecule has 0 bridgehead atoms. The summed E-state index contributed by atoms with van der Waals surface area (Å²) in [5.41, 5.74) is 8.86. The van der Waals surface area contributed by atoms with E-state index in [4.69, 9.17) is 15.2 Å². The van der Waals surface area contributed by atoms with Crippen molar-refractivity contribution < 1.29 is 9.47 Å². The molecule has 0 radical (unpaired) electrons. The van der Waals surface area contributed by atoms with E-state index < -0.39 is 0 Å². The van der Waals surface area contributed by atoms with Gasteiger partial charge in [-0.1, -0.05) is 13.0 Å². The number of hydrogen-bond acceptors (Lipinski definition) is 3. The van der Waals surface area contributed by atoms with E-state index >= 15 is 0 Å². The van der Waals surface area contributed by atoms with Crippen LogP contribution in [0.25, 0.3) is 0 Å². The molecule has 1 aliphatic carbocycles. The van der Waals surface area contributed by atoms with Crippen molar-refractivity contribution in [3.8, 4) is 11.5 Å². The van der Waals surface area contributed by atoms with Gasteiger partial charge in [0.05, 0.1) is 0 Å². The van der Waals surface area contributed by atoms with Crippen LogP contribution in [-0.2, 0) is 12.8 Å². The van der Waals surface area contributed by atoms with Crippen LogP contribution in [0.15, 0.2) is 12.1 Å². The van der Waals surface area contributed by atoms with E-state index in [0.29, 0.717) is 13.2 Å². The molecule has 1 aromatic rings. The molecule has 3 rings (SSSR count). The van der Waals surface area contributed by atoms with Gasteiger partial charge in [-0.25, -0.2) is 0 Å². The van der Waals surface area contributed by atoms with Gasteiger partial charge in [0.1, 0.15) is 13.2 Å². The lowest BCUT2D eigenvalue weighted by atomic mass is 9.96. The molecule has 0 spiro atoms. The second kappa shape index (κ2) is 3.91. The van der Waals surface area contributed by atoms with Crippen molar-refractivity contribution in [3.63, 3.8) is 0 Å². The Morgan fingerprint density at radius 3 is 2.71 bits per heavy atom. The summed E-state index contributed by atoms with van der Waals surface area (Å²) in [6.07, 6.45) is 4.22. The Morgan fingerprint density at radius 1 is 1.24 bits per heavy atom. The fraction of sp³-hybridized carbons (Fsp3) is 0.571. The molecule has 1 aliphatic heterocycles. The van der Waals surface area contributed by atoms with Crippen molar-refractivity contribution in [3.05, 3.63) is 23.3 Å². The molecule has 3 heteroatoms. The number of ether oxygens (including phenoxy) is 2. The SMILES string of the molecule is CCc1c(CC2(N)CC2)ccc2c1OCCO2. The largest absolute Gasteiger partial charge is 0.486 e. The first-order valence-electron chi connectivity index (χ1n) is 6.41. The zero-order valence-electron chi connectivity index (χ0n) is 10.3. The van der Waals surface area contributed by atoms with Gasteiger partial charge in [-0.2, -0.15) is 0 Å². The number of fused-ring (bicyclic) bond motifs is 1. The first-order chi connectivity index (χ1) is 8.22. The minimum atomic E-state index is 0.0493. The molecule has 0 atom stereocenters. The molecular weight excluding hydrogens is 214 g/mol. The van der Waals surface area contributed by atoms with E-state index in [0.717, 1.165) is 37.2 Å². The standard InChI is InChI=1S/C14H19NO2/c1-2-11-10(9-14(15)5-6-14)3-4-12-13(11)17-8-7-16-12/h3-4H,2,5-9,15H2,1H3. The number of benzene rings is 1. The van der Waals surface area contributed by atoms with Gasteiger partial charge in [0.2, 0.25) is 0 Å². The minimum Gasteiger partial charge on any atom is -0.486 e. The van der Waals surface area contributed by atoms with E-state index in [-0.39, 0.29) is 5.54 Å². The second-order valence-electron chi connectivity index (χ2n) is 5.12. The summed E-state index contributed by atoms with van der Waals surface area (Å²) >= 11 is 0. The van der Waals surface area contributed by atoms with Crippen LogP contribution in [0.2, 0.25) is 0 Å². The fourth-order valence-corrected chi connectivity index (χ4v) is 2.48. The molecule has 0 unspecified atom stereocenters. The molecule has 1 saturated carbocycles. The van der Waals surface area contributed by atoms with Crippen LogP contribution in [0.4, 0.5) is 0 Å². The van der Waals surface area contributed by atoms with E-state index in [1.54, 1.807) is 0 Å². The molecular formula is C14H19NO2. The maximum absolute atomic E-state index is 6.21. The lowest BCUT2D eigenvalue weighted by Gasteiger charge is -2.23. The summed E-state index contributed by atoms with van der Waals surface area (Å²) in [5.74, 6) is 1.83. The molecule has 0 amide bonds. The summed E-state index contributed by atoms with van der Waals surface area (Å²) in [6.45, 7) is 3.46. The second-order valence-corrected chi connectivity index (χ2v) is 5.12. The van der Waals surface area contributed by atoms with Crippen LogP contribution < -0.4 is 15.2 Å². The van der Waals surface area contributed by atoms with Gasteiger partial charge in [0, 0.05) is 11.1 Å². The summed E-state index contributed by atoms with van der Waals surface area (Å²) in [6, 6.07) is 4.17. The van der Waals surface area contributed by atoms with E-state index in [1.165, 1.54) is 11.1 Å². The Hall–Kier alpha value is -1.22. The van der Waals surface area contributed by atoms with Crippen molar-refractivity contribution >= 4 is 0 Å². The Kier molecular flexibility index (Phi) is 2.51. The molecule has 1 heterocycles. The van der Waals surface area contributed by atoms with Crippen molar-refractivity contribution in [2.75, 3.05) is 13.2 Å². The number of rotatable bonds is 3. The first kappa shape index (κ1) is 10.9. The monoisotopic (exact) mass is 233 g/mol. The highest BCUT2D eigenvalue weighted by Gasteiger charge is 2.38. The molecule has 1 aromatic carbocycles. The molecule has 1 fully saturated rings. The van der Waals surface area contributed by atoms with Crippen molar-refractivity contribution in [2.45, 2.75) is 38.1 Å². The lowest BCUT2D eigenvalue weighted by molar-refractivity contribution is 0.169. The lowest BCUT2D eigenvalue weighted by Crippen LogP contribution is -2.25. The Labute approximate surface area is 102 Å². The van der Waals surface area contributed by atoms with Gasteiger partial charge in [-0.3, -0.25) is 0 Å². The van der Waals surface area contributed by atoms with Crippen molar-refractivity contribution in [1.82, 2.24) is 0 Å². The smallest absolute Gasteiger partial charge is 0.164 e. The predicted octanol–water partition coefficient (Wildman–Crippen LogP) is 2.05. The van der Waals surface area contributed by atoms with Crippen LogP contribution in [-0.4, -0.2) is 18.8 Å². The van der Waals surface area contributed by atoms with E-state index in [1.807, 2.05) is 6.07 Å². The molecule has 2 aliphatic rings. The summed E-state index contributed by atoms with van der Waals surface area (Å²) in [4.78, 5) is 0. The van der Waals surface area contributed by atoms with Gasteiger partial charge in [-0.05, 0) is 37.3 Å². The Bertz CT molecular complexity index is 438. The quantitative estimate of drug-likeness (QED) is 0.869. The third-order valence-corrected chi connectivity index (χ3v) is 3.70. The molecule has 92 valence electrons. The van der Waals surface area contributed by atoms with Crippen LogP contribution in [0.5, 0.6) is 11.5 Å². The highest BCUT2D eigenvalue weighted by molar-refractivity contribution is 5.52. The summed E-state index contributed by atoms with van der Waals surface area (Å²) < 4.78 is 11.4. The minimum absolute atomic E-state index is 0.0493. The third-order valence-electron chi connectivity index (χ3n) is 3.70. The predicted molar refractivity (Wildman–Crippen MR) is 66.7 cm³/mol. The maximum atomic E-state index is 6.21. The van der Waals surface area contributed by atoms with Gasteiger partial charge in [0.15, 0.2) is 11.5 Å². The number of hydrogen-bond donors (Lipinski definition) is 1. The van der Waals surface area contributed by atoms with Gasteiger partial charge in [-0.15, -0.1) is 0 Å². The average Bonchev–Trinajstić information content (AvgIpc) is 3.07. The van der Waals surface area contributed by atoms with Crippen molar-refractivity contribution in [2.24, 2.45) is 5.73 Å². The molecule has 17 heavy (non-hydrogen) atoms. The highest BCUT2D eigenvalue weighted by atomic mass is 16.6. The van der Waals surface area contributed by atoms with E-state index in [9.17, 15) is 0 Å². The normalized spacial score (nSPS) is 20.1. The molecule has 0 aromatic heterocycles. The number of nitrogens with two attached hydrogens (primary N) is 1. The molecule has 3 nitrogen and oxygen atoms in total. The zero-order valence-corrected chi connectivity index (χ0v) is 10.3. The Morgan fingerprint density at radius 2 is 2.00 bits per heavy atom. The van der Waals surface area contributed by atoms with E-state index in [2.05, 4.69) is 13.0 Å². The maximum Gasteiger partial charge on any atom is 0.164 e. The van der Waals surface area contributed by atoms with Crippen LogP contribution in [0, 0.1) is 0 Å². The van der Waals surface area contributed by atoms with Gasteiger partial charge < -0.3 is 15.2 Å². The zero-order chi connectivity index (χ0) is 11.9. The van der Waals surface area contributed by atoms with Crippen LogP contribution in [0.3, 0.4) is 0 Å². The highest BCUT2D eigenvalue weighted by Crippen LogP contribution is 2.41.